The molecule has 0 atom stereocenters. The van der Waals surface area contributed by atoms with Crippen LogP contribution in [-0.2, 0) is 4.74 Å². The van der Waals surface area contributed by atoms with Gasteiger partial charge in [0.25, 0.3) is 0 Å². The van der Waals surface area contributed by atoms with Crippen molar-refractivity contribution in [1.82, 2.24) is 4.90 Å². The van der Waals surface area contributed by atoms with Crippen molar-refractivity contribution in [1.29, 1.82) is 0 Å². The highest BCUT2D eigenvalue weighted by atomic mass is 16.5. The van der Waals surface area contributed by atoms with Crippen molar-refractivity contribution in [2.75, 3.05) is 26.3 Å². The highest BCUT2D eigenvalue weighted by molar-refractivity contribution is 4.80. The molecule has 0 aromatic carbocycles. The van der Waals surface area contributed by atoms with E-state index in [2.05, 4.69) is 18.7 Å². The Labute approximate surface area is 139 Å². The van der Waals surface area contributed by atoms with E-state index < -0.39 is 0 Å². The SMILES string of the molecule is CCCC(CCC)CN(CC1CCOCC1)C1CCCCC1. The molecule has 2 nitrogen and oxygen atoms in total. The summed E-state index contributed by atoms with van der Waals surface area (Å²) in [5, 5.41) is 0. The molecule has 1 saturated carbocycles. The highest BCUT2D eigenvalue weighted by Gasteiger charge is 2.26. The lowest BCUT2D eigenvalue weighted by Crippen LogP contribution is -2.43. The molecule has 2 rings (SSSR count). The van der Waals surface area contributed by atoms with Gasteiger partial charge in [-0.3, -0.25) is 4.90 Å². The molecular weight excluding hydrogens is 270 g/mol. The predicted octanol–water partition coefficient (Wildman–Crippen LogP) is 5.26. The summed E-state index contributed by atoms with van der Waals surface area (Å²) in [6, 6.07) is 0.882. The van der Waals surface area contributed by atoms with Gasteiger partial charge in [-0.25, -0.2) is 0 Å². The van der Waals surface area contributed by atoms with Crippen LogP contribution in [-0.4, -0.2) is 37.2 Å². The van der Waals surface area contributed by atoms with Gasteiger partial charge < -0.3 is 4.74 Å². The van der Waals surface area contributed by atoms with Gasteiger partial charge >= 0.3 is 0 Å². The Morgan fingerprint density at radius 2 is 1.55 bits per heavy atom. The smallest absolute Gasteiger partial charge is 0.0469 e. The quantitative estimate of drug-likeness (QED) is 0.575. The second-order valence-corrected chi connectivity index (χ2v) is 7.74. The van der Waals surface area contributed by atoms with Crippen LogP contribution < -0.4 is 0 Å². The molecule has 2 fully saturated rings. The second kappa shape index (κ2) is 10.6. The molecule has 1 heterocycles. The maximum Gasteiger partial charge on any atom is 0.0469 e. The molecule has 0 amide bonds. The average Bonchev–Trinajstić information content (AvgIpc) is 2.56. The van der Waals surface area contributed by atoms with E-state index in [0.29, 0.717) is 0 Å². The van der Waals surface area contributed by atoms with Gasteiger partial charge in [0, 0.05) is 32.3 Å². The molecule has 1 saturated heterocycles. The molecule has 0 radical (unpaired) electrons. The minimum absolute atomic E-state index is 0.882. The lowest BCUT2D eigenvalue weighted by molar-refractivity contribution is 0.0353. The fourth-order valence-corrected chi connectivity index (χ4v) is 4.55. The van der Waals surface area contributed by atoms with Crippen molar-refractivity contribution in [3.8, 4) is 0 Å². The molecule has 0 aromatic rings. The van der Waals surface area contributed by atoms with Crippen molar-refractivity contribution in [3.05, 3.63) is 0 Å². The number of hydrogen-bond donors (Lipinski definition) is 0. The van der Waals surface area contributed by atoms with Crippen LogP contribution in [0, 0.1) is 11.8 Å². The Balaban J connectivity index is 1.92. The van der Waals surface area contributed by atoms with E-state index >= 15 is 0 Å². The van der Waals surface area contributed by atoms with Crippen molar-refractivity contribution < 1.29 is 4.74 Å². The first kappa shape index (κ1) is 18.3. The fraction of sp³-hybridized carbons (Fsp3) is 1.00. The van der Waals surface area contributed by atoms with Crippen LogP contribution in [0.15, 0.2) is 0 Å². The normalized spacial score (nSPS) is 21.8. The number of nitrogens with zero attached hydrogens (tertiary/aromatic N) is 1. The summed E-state index contributed by atoms with van der Waals surface area (Å²) in [6.07, 6.45) is 15.4. The minimum atomic E-state index is 0.882. The van der Waals surface area contributed by atoms with E-state index in [1.165, 1.54) is 83.7 Å². The summed E-state index contributed by atoms with van der Waals surface area (Å²) < 4.78 is 5.57. The van der Waals surface area contributed by atoms with Crippen molar-refractivity contribution in [3.63, 3.8) is 0 Å². The zero-order valence-corrected chi connectivity index (χ0v) is 15.2. The molecule has 22 heavy (non-hydrogen) atoms. The third-order valence-corrected chi connectivity index (χ3v) is 5.81. The van der Waals surface area contributed by atoms with Gasteiger partial charge in [0.15, 0.2) is 0 Å². The van der Waals surface area contributed by atoms with E-state index in [4.69, 9.17) is 4.74 Å². The zero-order chi connectivity index (χ0) is 15.6. The molecular formula is C20H39NO. The van der Waals surface area contributed by atoms with Gasteiger partial charge in [-0.1, -0.05) is 46.0 Å². The summed E-state index contributed by atoms with van der Waals surface area (Å²) in [5.41, 5.74) is 0. The Morgan fingerprint density at radius 3 is 2.14 bits per heavy atom. The molecule has 130 valence electrons. The number of rotatable bonds is 9. The summed E-state index contributed by atoms with van der Waals surface area (Å²) in [7, 11) is 0. The summed E-state index contributed by atoms with van der Waals surface area (Å²) in [5.74, 6) is 1.82. The first-order valence-corrected chi connectivity index (χ1v) is 10.1. The van der Waals surface area contributed by atoms with Gasteiger partial charge in [-0.05, 0) is 50.4 Å². The Bertz CT molecular complexity index is 263. The summed E-state index contributed by atoms with van der Waals surface area (Å²) in [4.78, 5) is 2.92. The highest BCUT2D eigenvalue weighted by Crippen LogP contribution is 2.28. The second-order valence-electron chi connectivity index (χ2n) is 7.74. The molecule has 0 unspecified atom stereocenters. The summed E-state index contributed by atoms with van der Waals surface area (Å²) >= 11 is 0. The molecule has 0 aromatic heterocycles. The number of ether oxygens (including phenoxy) is 1. The van der Waals surface area contributed by atoms with Crippen molar-refractivity contribution >= 4 is 0 Å². The predicted molar refractivity (Wildman–Crippen MR) is 95.3 cm³/mol. The molecule has 0 N–H and O–H groups in total. The van der Waals surface area contributed by atoms with E-state index in [9.17, 15) is 0 Å². The molecule has 2 heteroatoms. The standard InChI is InChI=1S/C20H39NO/c1-3-8-18(9-4-2)16-21(20-10-6-5-7-11-20)17-19-12-14-22-15-13-19/h18-20H,3-17H2,1-2H3. The van der Waals surface area contributed by atoms with Crippen LogP contribution in [0.25, 0.3) is 0 Å². The first-order chi connectivity index (χ1) is 10.8. The molecule has 1 aliphatic carbocycles. The minimum Gasteiger partial charge on any atom is -0.381 e. The zero-order valence-electron chi connectivity index (χ0n) is 15.2. The molecule has 2 aliphatic rings. The first-order valence-electron chi connectivity index (χ1n) is 10.1. The average molecular weight is 310 g/mol. The van der Waals surface area contributed by atoms with Crippen molar-refractivity contribution in [2.45, 2.75) is 90.5 Å². The number of hydrogen-bond acceptors (Lipinski definition) is 2. The van der Waals surface area contributed by atoms with Gasteiger partial charge in [0.2, 0.25) is 0 Å². The Morgan fingerprint density at radius 1 is 0.909 bits per heavy atom. The molecule has 0 bridgehead atoms. The van der Waals surface area contributed by atoms with Crippen LogP contribution in [0.3, 0.4) is 0 Å². The van der Waals surface area contributed by atoms with Gasteiger partial charge in [-0.15, -0.1) is 0 Å². The summed E-state index contributed by atoms with van der Waals surface area (Å²) in [6.45, 7) is 9.41. The molecule has 0 spiro atoms. The van der Waals surface area contributed by atoms with Crippen LogP contribution in [0.2, 0.25) is 0 Å². The molecule has 1 aliphatic heterocycles. The van der Waals surface area contributed by atoms with E-state index in [0.717, 1.165) is 31.1 Å². The fourth-order valence-electron chi connectivity index (χ4n) is 4.55. The van der Waals surface area contributed by atoms with Crippen molar-refractivity contribution in [2.24, 2.45) is 11.8 Å². The maximum absolute atomic E-state index is 5.57. The van der Waals surface area contributed by atoms with E-state index in [1.54, 1.807) is 0 Å². The largest absolute Gasteiger partial charge is 0.381 e. The Hall–Kier alpha value is -0.0800. The monoisotopic (exact) mass is 309 g/mol. The van der Waals surface area contributed by atoms with Gasteiger partial charge in [0.1, 0.15) is 0 Å². The van der Waals surface area contributed by atoms with Gasteiger partial charge in [-0.2, -0.15) is 0 Å². The van der Waals surface area contributed by atoms with E-state index in [-0.39, 0.29) is 0 Å². The van der Waals surface area contributed by atoms with Crippen LogP contribution >= 0.6 is 0 Å². The maximum atomic E-state index is 5.57. The van der Waals surface area contributed by atoms with E-state index in [1.807, 2.05) is 0 Å². The van der Waals surface area contributed by atoms with Crippen LogP contribution in [0.1, 0.15) is 84.5 Å². The topological polar surface area (TPSA) is 12.5 Å². The lowest BCUT2D eigenvalue weighted by Gasteiger charge is -2.39. The third-order valence-electron chi connectivity index (χ3n) is 5.81. The Kier molecular flexibility index (Phi) is 8.84. The van der Waals surface area contributed by atoms with Crippen LogP contribution in [0.4, 0.5) is 0 Å². The third kappa shape index (κ3) is 6.20. The lowest BCUT2D eigenvalue weighted by atomic mass is 9.89. The van der Waals surface area contributed by atoms with Gasteiger partial charge in [0.05, 0.1) is 0 Å². The van der Waals surface area contributed by atoms with Crippen LogP contribution in [0.5, 0.6) is 0 Å².